The number of carbonyl (C=O) groups excluding carboxylic acids is 1. The quantitative estimate of drug-likeness (QED) is 0.628. The maximum Gasteiger partial charge on any atom is 0.340 e. The van der Waals surface area contributed by atoms with E-state index in [1.165, 1.54) is 11.3 Å². The van der Waals surface area contributed by atoms with Crippen molar-refractivity contribution >= 4 is 44.8 Å². The molecule has 0 spiro atoms. The number of ether oxygens (including phenoxy) is 2. The summed E-state index contributed by atoms with van der Waals surface area (Å²) in [6.07, 6.45) is 1.56. The summed E-state index contributed by atoms with van der Waals surface area (Å²) in [5, 5.41) is 1.64. The van der Waals surface area contributed by atoms with Crippen LogP contribution in [0.3, 0.4) is 0 Å². The number of benzene rings is 1. The number of carbonyl (C=O) groups is 1. The molecule has 0 amide bonds. The van der Waals surface area contributed by atoms with E-state index in [1.54, 1.807) is 12.3 Å². The van der Waals surface area contributed by atoms with Crippen LogP contribution < -0.4 is 4.90 Å². The fourth-order valence-electron chi connectivity index (χ4n) is 2.86. The number of aromatic nitrogens is 1. The number of fused-ring (bicyclic) bond motifs is 1. The topological polar surface area (TPSA) is 51.7 Å². The first-order chi connectivity index (χ1) is 12.7. The molecule has 5 nitrogen and oxygen atoms in total. The summed E-state index contributed by atoms with van der Waals surface area (Å²) in [4.78, 5) is 19.7. The second-order valence-electron chi connectivity index (χ2n) is 5.92. The largest absolute Gasteiger partial charge is 0.456 e. The summed E-state index contributed by atoms with van der Waals surface area (Å²) in [5.74, 6) is 0.442. The van der Waals surface area contributed by atoms with Crippen LogP contribution in [0.25, 0.3) is 10.1 Å². The standard InChI is InChI=1S/C19H17ClN2O3S/c20-18-14-3-1-2-4-15(14)26-16(18)12-25-19(23)13-5-6-17(21-11-13)22-7-9-24-10-8-22/h1-6,11H,7-10,12H2. The highest BCUT2D eigenvalue weighted by molar-refractivity contribution is 7.19. The first-order valence-corrected chi connectivity index (χ1v) is 9.53. The van der Waals surface area contributed by atoms with Crippen LogP contribution >= 0.6 is 22.9 Å². The van der Waals surface area contributed by atoms with Crippen molar-refractivity contribution in [3.8, 4) is 0 Å². The van der Waals surface area contributed by atoms with Gasteiger partial charge in [0.1, 0.15) is 12.4 Å². The molecule has 4 rings (SSSR count). The minimum atomic E-state index is -0.403. The smallest absolute Gasteiger partial charge is 0.340 e. The highest BCUT2D eigenvalue weighted by Gasteiger charge is 2.16. The predicted octanol–water partition coefficient (Wildman–Crippen LogP) is 4.14. The normalized spacial score (nSPS) is 14.6. The Balaban J connectivity index is 1.42. The van der Waals surface area contributed by atoms with Crippen molar-refractivity contribution in [3.05, 3.63) is 58.1 Å². The Morgan fingerprint density at radius 2 is 2.04 bits per heavy atom. The molecule has 1 aromatic carbocycles. The lowest BCUT2D eigenvalue weighted by Crippen LogP contribution is -2.36. The Morgan fingerprint density at radius 3 is 2.77 bits per heavy atom. The molecule has 1 aliphatic heterocycles. The van der Waals surface area contributed by atoms with Gasteiger partial charge in [0, 0.05) is 29.4 Å². The lowest BCUT2D eigenvalue weighted by molar-refractivity contribution is 0.0476. The van der Waals surface area contributed by atoms with Gasteiger partial charge in [-0.3, -0.25) is 0 Å². The van der Waals surface area contributed by atoms with Crippen molar-refractivity contribution in [2.75, 3.05) is 31.2 Å². The third-order valence-electron chi connectivity index (χ3n) is 4.25. The van der Waals surface area contributed by atoms with E-state index in [0.29, 0.717) is 23.8 Å². The summed E-state index contributed by atoms with van der Waals surface area (Å²) >= 11 is 7.92. The summed E-state index contributed by atoms with van der Waals surface area (Å²) in [5.41, 5.74) is 0.430. The Labute approximate surface area is 160 Å². The van der Waals surface area contributed by atoms with E-state index in [4.69, 9.17) is 21.1 Å². The number of hydrogen-bond donors (Lipinski definition) is 0. The molecule has 1 saturated heterocycles. The Morgan fingerprint density at radius 1 is 1.23 bits per heavy atom. The van der Waals surface area contributed by atoms with Gasteiger partial charge in [-0.1, -0.05) is 29.8 Å². The van der Waals surface area contributed by atoms with Crippen LogP contribution in [0.4, 0.5) is 5.82 Å². The third kappa shape index (κ3) is 3.53. The fourth-order valence-corrected chi connectivity index (χ4v) is 4.26. The molecule has 2 aromatic heterocycles. The van der Waals surface area contributed by atoms with Gasteiger partial charge in [-0.25, -0.2) is 9.78 Å². The number of nitrogens with zero attached hydrogens (tertiary/aromatic N) is 2. The van der Waals surface area contributed by atoms with E-state index in [1.807, 2.05) is 30.3 Å². The number of esters is 1. The first-order valence-electron chi connectivity index (χ1n) is 8.34. The second kappa shape index (κ2) is 7.61. The van der Waals surface area contributed by atoms with Crippen molar-refractivity contribution in [2.45, 2.75) is 6.61 Å². The highest BCUT2D eigenvalue weighted by Crippen LogP contribution is 2.35. The lowest BCUT2D eigenvalue weighted by atomic mass is 10.2. The summed E-state index contributed by atoms with van der Waals surface area (Å²) in [6.45, 7) is 3.16. The van der Waals surface area contributed by atoms with Crippen molar-refractivity contribution in [2.24, 2.45) is 0 Å². The van der Waals surface area contributed by atoms with Gasteiger partial charge >= 0.3 is 5.97 Å². The minimum Gasteiger partial charge on any atom is -0.456 e. The Bertz CT molecular complexity index is 920. The van der Waals surface area contributed by atoms with E-state index in [2.05, 4.69) is 9.88 Å². The molecule has 134 valence electrons. The Hall–Kier alpha value is -2.15. The molecule has 26 heavy (non-hydrogen) atoms. The fraction of sp³-hybridized carbons (Fsp3) is 0.263. The second-order valence-corrected chi connectivity index (χ2v) is 7.43. The predicted molar refractivity (Wildman–Crippen MR) is 103 cm³/mol. The van der Waals surface area contributed by atoms with Gasteiger partial charge in [-0.2, -0.15) is 0 Å². The van der Waals surface area contributed by atoms with Gasteiger partial charge in [0.2, 0.25) is 0 Å². The number of thiophene rings is 1. The van der Waals surface area contributed by atoms with Gasteiger partial charge in [-0.05, 0) is 18.2 Å². The molecule has 0 unspecified atom stereocenters. The number of hydrogen-bond acceptors (Lipinski definition) is 6. The monoisotopic (exact) mass is 388 g/mol. The van der Waals surface area contributed by atoms with Gasteiger partial charge in [0.05, 0.1) is 28.7 Å². The summed E-state index contributed by atoms with van der Waals surface area (Å²) in [6, 6.07) is 11.5. The average Bonchev–Trinajstić information content (AvgIpc) is 3.03. The molecule has 0 bridgehead atoms. The number of anilines is 1. The van der Waals surface area contributed by atoms with Crippen LogP contribution in [0.2, 0.25) is 5.02 Å². The number of pyridine rings is 1. The van der Waals surface area contributed by atoms with Gasteiger partial charge in [-0.15, -0.1) is 11.3 Å². The molecular formula is C19H17ClN2O3S. The van der Waals surface area contributed by atoms with E-state index >= 15 is 0 Å². The van der Waals surface area contributed by atoms with Crippen LogP contribution in [0.1, 0.15) is 15.2 Å². The average molecular weight is 389 g/mol. The number of morpholine rings is 1. The maximum absolute atomic E-state index is 12.3. The minimum absolute atomic E-state index is 0.155. The molecule has 0 N–H and O–H groups in total. The molecule has 1 aliphatic rings. The molecule has 0 radical (unpaired) electrons. The van der Waals surface area contributed by atoms with Crippen molar-refractivity contribution in [3.63, 3.8) is 0 Å². The van der Waals surface area contributed by atoms with Crippen molar-refractivity contribution < 1.29 is 14.3 Å². The first kappa shape index (κ1) is 17.3. The van der Waals surface area contributed by atoms with Crippen LogP contribution in [-0.4, -0.2) is 37.3 Å². The van der Waals surface area contributed by atoms with Crippen LogP contribution in [0.15, 0.2) is 42.6 Å². The van der Waals surface area contributed by atoms with E-state index in [0.717, 1.165) is 33.9 Å². The van der Waals surface area contributed by atoms with Crippen molar-refractivity contribution in [1.82, 2.24) is 4.98 Å². The molecule has 3 heterocycles. The van der Waals surface area contributed by atoms with Crippen LogP contribution in [0.5, 0.6) is 0 Å². The molecule has 0 atom stereocenters. The molecule has 0 aliphatic carbocycles. The molecule has 7 heteroatoms. The molecule has 0 saturated carbocycles. The summed E-state index contributed by atoms with van der Waals surface area (Å²) < 4.78 is 11.8. The number of rotatable bonds is 4. The van der Waals surface area contributed by atoms with Crippen molar-refractivity contribution in [1.29, 1.82) is 0 Å². The van der Waals surface area contributed by atoms with E-state index in [9.17, 15) is 4.79 Å². The zero-order chi connectivity index (χ0) is 17.9. The molecular weight excluding hydrogens is 372 g/mol. The maximum atomic E-state index is 12.3. The summed E-state index contributed by atoms with van der Waals surface area (Å²) in [7, 11) is 0. The highest BCUT2D eigenvalue weighted by atomic mass is 35.5. The molecule has 1 fully saturated rings. The van der Waals surface area contributed by atoms with Crippen LogP contribution in [0, 0.1) is 0 Å². The van der Waals surface area contributed by atoms with Gasteiger partial charge in [0.15, 0.2) is 0 Å². The Kier molecular flexibility index (Phi) is 5.06. The van der Waals surface area contributed by atoms with Gasteiger partial charge in [0.25, 0.3) is 0 Å². The molecule has 3 aromatic rings. The zero-order valence-electron chi connectivity index (χ0n) is 14.0. The van der Waals surface area contributed by atoms with Crippen LogP contribution in [-0.2, 0) is 16.1 Å². The number of halogens is 1. The van der Waals surface area contributed by atoms with E-state index in [-0.39, 0.29) is 6.61 Å². The third-order valence-corrected chi connectivity index (χ3v) is 5.94. The van der Waals surface area contributed by atoms with E-state index < -0.39 is 5.97 Å². The van der Waals surface area contributed by atoms with Gasteiger partial charge < -0.3 is 14.4 Å². The zero-order valence-corrected chi connectivity index (χ0v) is 15.6. The lowest BCUT2D eigenvalue weighted by Gasteiger charge is -2.27. The SMILES string of the molecule is O=C(OCc1sc2ccccc2c1Cl)c1ccc(N2CCOCC2)nc1.